The highest BCUT2D eigenvalue weighted by Gasteiger charge is 2.25. The molecule has 0 fully saturated rings. The van der Waals surface area contributed by atoms with Gasteiger partial charge in [0, 0.05) is 0 Å². The molecule has 0 heterocycles. The number of hydrogen-bond acceptors (Lipinski definition) is 4. The molecule has 0 radical (unpaired) electrons. The van der Waals surface area contributed by atoms with E-state index >= 15 is 0 Å². The fraction of sp³-hybridized carbons (Fsp3) is 0.462. The second-order valence-corrected chi connectivity index (χ2v) is 5.98. The lowest BCUT2D eigenvalue weighted by Crippen LogP contribution is -2.15. The lowest BCUT2D eigenvalue weighted by Gasteiger charge is -2.22. The fourth-order valence-electron chi connectivity index (χ4n) is 1.64. The molecule has 0 bridgehead atoms. The number of benzene rings is 1. The summed E-state index contributed by atoms with van der Waals surface area (Å²) >= 11 is -2.25. The van der Waals surface area contributed by atoms with Gasteiger partial charge in [-0.3, -0.25) is 0 Å². The van der Waals surface area contributed by atoms with E-state index in [1.807, 2.05) is 20.8 Å². The molecule has 0 saturated heterocycles. The molecule has 5 nitrogen and oxygen atoms in total. The Kier molecular flexibility index (Phi) is 4.70. The zero-order chi connectivity index (χ0) is 14.8. The lowest BCUT2D eigenvalue weighted by molar-refractivity contribution is 0.0596. The van der Waals surface area contributed by atoms with Crippen molar-refractivity contribution in [2.75, 3.05) is 14.2 Å². The predicted octanol–water partition coefficient (Wildman–Crippen LogP) is 2.36. The maximum Gasteiger partial charge on any atom is 0.341 e. The van der Waals surface area contributed by atoms with Crippen molar-refractivity contribution < 1.29 is 23.0 Å². The van der Waals surface area contributed by atoms with Crippen molar-refractivity contribution >= 4 is 17.0 Å². The van der Waals surface area contributed by atoms with Gasteiger partial charge in [0.25, 0.3) is 0 Å². The highest BCUT2D eigenvalue weighted by atomic mass is 32.2. The molecule has 0 amide bonds. The average molecular weight is 286 g/mol. The van der Waals surface area contributed by atoms with Crippen molar-refractivity contribution in [3.05, 3.63) is 23.3 Å². The van der Waals surface area contributed by atoms with Gasteiger partial charge >= 0.3 is 5.97 Å². The van der Waals surface area contributed by atoms with E-state index in [1.54, 1.807) is 12.1 Å². The molecule has 0 saturated carbocycles. The maximum absolute atomic E-state index is 11.8. The lowest BCUT2D eigenvalue weighted by atomic mass is 9.86. The Bertz CT molecular complexity index is 517. The Morgan fingerprint density at radius 3 is 2.21 bits per heavy atom. The number of carbonyl (C=O) groups excluding carboxylic acids is 1. The fourth-order valence-corrected chi connectivity index (χ4v) is 2.22. The average Bonchev–Trinajstić information content (AvgIpc) is 2.34. The van der Waals surface area contributed by atoms with Gasteiger partial charge in [-0.1, -0.05) is 20.8 Å². The molecular weight excluding hydrogens is 268 g/mol. The summed E-state index contributed by atoms with van der Waals surface area (Å²) < 4.78 is 30.5. The second-order valence-electron chi connectivity index (χ2n) is 5.05. The summed E-state index contributed by atoms with van der Waals surface area (Å²) in [5.74, 6) is -0.532. The maximum atomic E-state index is 11.8. The van der Waals surface area contributed by atoms with Crippen LogP contribution in [-0.4, -0.2) is 29.0 Å². The summed E-state index contributed by atoms with van der Waals surface area (Å²) in [5, 5.41) is 0. The minimum atomic E-state index is -2.25. The van der Waals surface area contributed by atoms with E-state index in [0.717, 1.165) is 5.56 Å². The SMILES string of the molecule is COC(=O)c1cc(C(C)(C)C)cc(S(=O)O)c1OC. The quantitative estimate of drug-likeness (QED) is 0.682. The van der Waals surface area contributed by atoms with E-state index in [9.17, 15) is 13.6 Å². The van der Waals surface area contributed by atoms with Gasteiger partial charge in [0.1, 0.15) is 10.5 Å². The Morgan fingerprint density at radius 1 is 1.26 bits per heavy atom. The molecule has 106 valence electrons. The molecule has 0 spiro atoms. The van der Waals surface area contributed by atoms with Crippen LogP contribution in [-0.2, 0) is 21.2 Å². The smallest absolute Gasteiger partial charge is 0.341 e. The summed E-state index contributed by atoms with van der Waals surface area (Å²) in [6, 6.07) is 3.20. The number of esters is 1. The molecular formula is C13H18O5S. The third-order valence-corrected chi connectivity index (χ3v) is 3.40. The van der Waals surface area contributed by atoms with Gasteiger partial charge in [-0.15, -0.1) is 0 Å². The number of carbonyl (C=O) groups is 1. The third-order valence-electron chi connectivity index (χ3n) is 2.72. The number of rotatable bonds is 3. The minimum absolute atomic E-state index is 0.0651. The van der Waals surface area contributed by atoms with Crippen LogP contribution < -0.4 is 4.74 Å². The Balaban J connectivity index is 3.64. The summed E-state index contributed by atoms with van der Waals surface area (Å²) in [5.41, 5.74) is 0.629. The molecule has 1 atom stereocenters. The van der Waals surface area contributed by atoms with Crippen LogP contribution in [0.5, 0.6) is 5.75 Å². The van der Waals surface area contributed by atoms with Crippen molar-refractivity contribution in [3.8, 4) is 5.75 Å². The van der Waals surface area contributed by atoms with Gasteiger partial charge in [0.15, 0.2) is 16.8 Å². The predicted molar refractivity (Wildman–Crippen MR) is 72.1 cm³/mol. The Hall–Kier alpha value is -1.40. The van der Waals surface area contributed by atoms with Crippen LogP contribution in [0, 0.1) is 0 Å². The first-order valence-electron chi connectivity index (χ1n) is 5.64. The van der Waals surface area contributed by atoms with E-state index in [1.165, 1.54) is 14.2 Å². The number of methoxy groups -OCH3 is 2. The minimum Gasteiger partial charge on any atom is -0.494 e. The highest BCUT2D eigenvalue weighted by Crippen LogP contribution is 2.33. The van der Waals surface area contributed by atoms with Gasteiger partial charge in [-0.2, -0.15) is 0 Å². The second kappa shape index (κ2) is 5.71. The van der Waals surface area contributed by atoms with E-state index < -0.39 is 17.0 Å². The third kappa shape index (κ3) is 3.33. The molecule has 6 heteroatoms. The zero-order valence-electron chi connectivity index (χ0n) is 11.6. The standard InChI is InChI=1S/C13H18O5S/c1-13(2,3)8-6-9(12(14)18-5)11(17-4)10(7-8)19(15)16/h6-7H,1-5H3,(H,15,16). The molecule has 1 N–H and O–H groups in total. The van der Waals surface area contributed by atoms with E-state index in [2.05, 4.69) is 4.74 Å². The molecule has 1 rings (SSSR count). The summed E-state index contributed by atoms with van der Waals surface area (Å²) in [6.45, 7) is 5.83. The molecule has 1 aromatic carbocycles. The normalized spacial score (nSPS) is 12.9. The van der Waals surface area contributed by atoms with Crippen molar-refractivity contribution in [2.24, 2.45) is 0 Å². The van der Waals surface area contributed by atoms with Crippen LogP contribution in [0.3, 0.4) is 0 Å². The Morgan fingerprint density at radius 2 is 1.84 bits per heavy atom. The van der Waals surface area contributed by atoms with Gasteiger partial charge in [0.05, 0.1) is 14.2 Å². The van der Waals surface area contributed by atoms with Crippen LogP contribution >= 0.6 is 0 Å². The molecule has 1 aromatic rings. The van der Waals surface area contributed by atoms with Crippen LogP contribution in [0.15, 0.2) is 17.0 Å². The molecule has 0 aliphatic heterocycles. The van der Waals surface area contributed by atoms with Crippen molar-refractivity contribution in [2.45, 2.75) is 31.1 Å². The number of ether oxygens (including phenoxy) is 2. The molecule has 1 unspecified atom stereocenters. The van der Waals surface area contributed by atoms with Crippen LogP contribution in [0.25, 0.3) is 0 Å². The van der Waals surface area contributed by atoms with E-state index in [0.29, 0.717) is 0 Å². The van der Waals surface area contributed by atoms with Gasteiger partial charge in [-0.25, -0.2) is 9.00 Å². The van der Waals surface area contributed by atoms with Crippen LogP contribution in [0.1, 0.15) is 36.7 Å². The van der Waals surface area contributed by atoms with Crippen LogP contribution in [0.2, 0.25) is 0 Å². The van der Waals surface area contributed by atoms with Gasteiger partial charge in [0.2, 0.25) is 0 Å². The first-order valence-corrected chi connectivity index (χ1v) is 6.74. The number of hydrogen-bond donors (Lipinski definition) is 1. The van der Waals surface area contributed by atoms with E-state index in [-0.39, 0.29) is 21.6 Å². The van der Waals surface area contributed by atoms with Crippen LogP contribution in [0.4, 0.5) is 0 Å². The van der Waals surface area contributed by atoms with Crippen molar-refractivity contribution in [3.63, 3.8) is 0 Å². The summed E-state index contributed by atoms with van der Waals surface area (Å²) in [6.07, 6.45) is 0. The molecule has 0 aliphatic rings. The largest absolute Gasteiger partial charge is 0.494 e. The topological polar surface area (TPSA) is 72.8 Å². The van der Waals surface area contributed by atoms with Gasteiger partial charge in [-0.05, 0) is 23.1 Å². The summed E-state index contributed by atoms with van der Waals surface area (Å²) in [4.78, 5) is 11.8. The van der Waals surface area contributed by atoms with Gasteiger partial charge < -0.3 is 14.0 Å². The van der Waals surface area contributed by atoms with E-state index in [4.69, 9.17) is 4.74 Å². The Labute approximate surface area is 115 Å². The first kappa shape index (κ1) is 15.7. The molecule has 0 aliphatic carbocycles. The monoisotopic (exact) mass is 286 g/mol. The zero-order valence-corrected chi connectivity index (χ0v) is 12.5. The molecule has 19 heavy (non-hydrogen) atoms. The first-order chi connectivity index (χ1) is 8.72. The molecule has 0 aromatic heterocycles. The van der Waals surface area contributed by atoms with Crippen molar-refractivity contribution in [1.29, 1.82) is 0 Å². The highest BCUT2D eigenvalue weighted by molar-refractivity contribution is 7.79. The van der Waals surface area contributed by atoms with Crippen molar-refractivity contribution in [1.82, 2.24) is 0 Å². The summed E-state index contributed by atoms with van der Waals surface area (Å²) in [7, 11) is 2.59.